The fraction of sp³-hybridized carbons (Fsp3) is 0.188. The van der Waals surface area contributed by atoms with Gasteiger partial charge in [-0.25, -0.2) is 14.8 Å². The number of benzene rings is 1. The van der Waals surface area contributed by atoms with Gasteiger partial charge in [0.2, 0.25) is 0 Å². The van der Waals surface area contributed by atoms with Gasteiger partial charge in [-0.15, -0.1) is 0 Å². The van der Waals surface area contributed by atoms with Crippen molar-refractivity contribution in [1.29, 1.82) is 0 Å². The van der Waals surface area contributed by atoms with Crippen molar-refractivity contribution in [3.05, 3.63) is 59.0 Å². The molecule has 0 bridgehead atoms. The molecule has 2 rings (SSSR count). The number of alkyl carbamates (subject to hydrolysis) is 1. The van der Waals surface area contributed by atoms with Gasteiger partial charge in [0.15, 0.2) is 5.82 Å². The third-order valence-electron chi connectivity index (χ3n) is 2.87. The average molecular weight is 333 g/mol. The number of carbonyl (C=O) groups is 1. The lowest BCUT2D eigenvalue weighted by atomic mass is 10.2. The molecule has 1 heterocycles. The molecule has 0 spiro atoms. The first kappa shape index (κ1) is 16.8. The highest BCUT2D eigenvalue weighted by molar-refractivity contribution is 6.29. The Balaban J connectivity index is 1.66. The first-order valence-electron chi connectivity index (χ1n) is 7.04. The van der Waals surface area contributed by atoms with Crippen molar-refractivity contribution in [3.8, 4) is 0 Å². The molecular weight excluding hydrogens is 316 g/mol. The van der Waals surface area contributed by atoms with Crippen molar-refractivity contribution in [2.45, 2.75) is 13.0 Å². The third-order valence-corrected chi connectivity index (χ3v) is 3.05. The van der Waals surface area contributed by atoms with Crippen LogP contribution in [-0.2, 0) is 11.3 Å². The van der Waals surface area contributed by atoms with Crippen molar-refractivity contribution in [1.82, 2.24) is 15.3 Å². The minimum Gasteiger partial charge on any atom is -0.445 e. The number of nitrogens with zero attached hydrogens (tertiary/aromatic N) is 2. The number of aromatic nitrogens is 2. The van der Waals surface area contributed by atoms with E-state index in [9.17, 15) is 4.79 Å². The molecule has 0 aliphatic heterocycles. The molecule has 0 atom stereocenters. The first-order chi connectivity index (χ1) is 11.1. The topological polar surface area (TPSA) is 90.1 Å². The minimum absolute atomic E-state index is 0.249. The van der Waals surface area contributed by atoms with Crippen LogP contribution in [0.2, 0.25) is 5.15 Å². The summed E-state index contributed by atoms with van der Waals surface area (Å²) in [6.45, 7) is 0.699. The van der Waals surface area contributed by atoms with Gasteiger partial charge in [-0.05, 0) is 18.1 Å². The number of nitrogens with one attached hydrogen (secondary N) is 1. The molecule has 0 radical (unpaired) electrons. The van der Waals surface area contributed by atoms with E-state index in [1.165, 1.54) is 6.20 Å². The molecule has 0 fully saturated rings. The molecule has 2 aromatic rings. The van der Waals surface area contributed by atoms with Crippen molar-refractivity contribution < 1.29 is 9.53 Å². The Kier molecular flexibility index (Phi) is 6.38. The zero-order valence-corrected chi connectivity index (χ0v) is 13.2. The van der Waals surface area contributed by atoms with Gasteiger partial charge in [0, 0.05) is 6.54 Å². The lowest BCUT2D eigenvalue weighted by Crippen LogP contribution is -2.24. The number of carbonyl (C=O) groups excluding carboxylic acids is 1. The second-order valence-corrected chi connectivity index (χ2v) is 5.03. The summed E-state index contributed by atoms with van der Waals surface area (Å²) in [5.41, 5.74) is 7.17. The average Bonchev–Trinajstić information content (AvgIpc) is 2.55. The Morgan fingerprint density at radius 2 is 2.13 bits per heavy atom. The Morgan fingerprint density at radius 1 is 1.35 bits per heavy atom. The number of nitrogens with two attached hydrogens (primary N) is 1. The smallest absolute Gasteiger partial charge is 0.407 e. The van der Waals surface area contributed by atoms with E-state index < -0.39 is 6.09 Å². The van der Waals surface area contributed by atoms with Crippen molar-refractivity contribution in [2.24, 2.45) is 0 Å². The lowest BCUT2D eigenvalue weighted by molar-refractivity contribution is 0.140. The van der Waals surface area contributed by atoms with Crippen LogP contribution in [0.15, 0.2) is 42.6 Å². The number of amides is 1. The number of hydrogen-bond donors (Lipinski definition) is 2. The molecule has 1 aromatic carbocycles. The largest absolute Gasteiger partial charge is 0.445 e. The molecule has 1 amide bonds. The van der Waals surface area contributed by atoms with E-state index in [-0.39, 0.29) is 17.6 Å². The summed E-state index contributed by atoms with van der Waals surface area (Å²) in [4.78, 5) is 19.5. The highest BCUT2D eigenvalue weighted by Crippen LogP contribution is 2.11. The summed E-state index contributed by atoms with van der Waals surface area (Å²) in [5, 5.41) is 2.91. The summed E-state index contributed by atoms with van der Waals surface area (Å²) >= 11 is 5.67. The van der Waals surface area contributed by atoms with Crippen LogP contribution >= 0.6 is 11.6 Å². The molecule has 0 aliphatic rings. The van der Waals surface area contributed by atoms with Gasteiger partial charge >= 0.3 is 6.09 Å². The van der Waals surface area contributed by atoms with E-state index in [4.69, 9.17) is 22.1 Å². The van der Waals surface area contributed by atoms with Gasteiger partial charge in [-0.2, -0.15) is 0 Å². The first-order valence-corrected chi connectivity index (χ1v) is 7.42. The van der Waals surface area contributed by atoms with Crippen molar-refractivity contribution in [3.63, 3.8) is 0 Å². The molecule has 6 nitrogen and oxygen atoms in total. The summed E-state index contributed by atoms with van der Waals surface area (Å²) < 4.78 is 5.09. The SMILES string of the molecule is Nc1nc(Cl)cnc1C=CCCNC(=O)OCc1ccccc1. The molecule has 0 saturated carbocycles. The summed E-state index contributed by atoms with van der Waals surface area (Å²) in [5.74, 6) is 0.268. The van der Waals surface area contributed by atoms with E-state index in [0.29, 0.717) is 18.7 Å². The van der Waals surface area contributed by atoms with Crippen LogP contribution in [-0.4, -0.2) is 22.6 Å². The Bertz CT molecular complexity index is 677. The number of halogens is 1. The van der Waals surface area contributed by atoms with Crippen LogP contribution < -0.4 is 11.1 Å². The molecule has 0 aliphatic carbocycles. The fourth-order valence-corrected chi connectivity index (χ4v) is 1.89. The molecule has 120 valence electrons. The molecule has 0 unspecified atom stereocenters. The van der Waals surface area contributed by atoms with E-state index >= 15 is 0 Å². The maximum atomic E-state index is 11.5. The molecule has 7 heteroatoms. The zero-order valence-electron chi connectivity index (χ0n) is 12.4. The number of rotatable bonds is 6. The van der Waals surface area contributed by atoms with E-state index in [2.05, 4.69) is 15.3 Å². The van der Waals surface area contributed by atoms with Crippen LogP contribution in [0.4, 0.5) is 10.6 Å². The zero-order chi connectivity index (χ0) is 16.5. The van der Waals surface area contributed by atoms with E-state index in [1.54, 1.807) is 6.08 Å². The molecule has 1 aromatic heterocycles. The Labute approximate surface area is 139 Å². The van der Waals surface area contributed by atoms with Crippen LogP contribution in [0, 0.1) is 0 Å². The van der Waals surface area contributed by atoms with Crippen LogP contribution in [0.25, 0.3) is 6.08 Å². The molecule has 0 saturated heterocycles. The van der Waals surface area contributed by atoms with Crippen LogP contribution in [0.1, 0.15) is 17.7 Å². The van der Waals surface area contributed by atoms with Gasteiger partial charge in [0.25, 0.3) is 0 Å². The van der Waals surface area contributed by atoms with Crippen molar-refractivity contribution in [2.75, 3.05) is 12.3 Å². The van der Waals surface area contributed by atoms with Gasteiger partial charge in [-0.1, -0.05) is 48.0 Å². The van der Waals surface area contributed by atoms with Gasteiger partial charge < -0.3 is 15.8 Å². The molecule has 3 N–H and O–H groups in total. The standard InChI is InChI=1S/C16H17ClN4O2/c17-14-10-20-13(15(18)21-14)8-4-5-9-19-16(22)23-11-12-6-2-1-3-7-12/h1-4,6-8,10H,5,9,11H2,(H2,18,21)(H,19,22). The van der Waals surface area contributed by atoms with E-state index in [0.717, 1.165) is 5.56 Å². The van der Waals surface area contributed by atoms with Gasteiger partial charge in [0.1, 0.15) is 17.5 Å². The maximum absolute atomic E-state index is 11.5. The summed E-state index contributed by atoms with van der Waals surface area (Å²) in [6.07, 6.45) is 5.16. The minimum atomic E-state index is -0.451. The van der Waals surface area contributed by atoms with Crippen molar-refractivity contribution >= 4 is 29.6 Å². The second kappa shape index (κ2) is 8.75. The number of anilines is 1. The summed E-state index contributed by atoms with van der Waals surface area (Å²) in [7, 11) is 0. The number of ether oxygens (including phenoxy) is 1. The third kappa shape index (κ3) is 5.96. The van der Waals surface area contributed by atoms with E-state index in [1.807, 2.05) is 36.4 Å². The monoisotopic (exact) mass is 332 g/mol. The van der Waals surface area contributed by atoms with Crippen LogP contribution in [0.5, 0.6) is 0 Å². The fourth-order valence-electron chi connectivity index (χ4n) is 1.75. The van der Waals surface area contributed by atoms with Crippen LogP contribution in [0.3, 0.4) is 0 Å². The van der Waals surface area contributed by atoms with Gasteiger partial charge in [0.05, 0.1) is 6.20 Å². The molecule has 23 heavy (non-hydrogen) atoms. The molecular formula is C16H17ClN4O2. The quantitative estimate of drug-likeness (QED) is 0.793. The number of nitrogen functional groups attached to an aromatic ring is 1. The highest BCUT2D eigenvalue weighted by Gasteiger charge is 2.01. The predicted molar refractivity (Wildman–Crippen MR) is 89.7 cm³/mol. The number of hydrogen-bond acceptors (Lipinski definition) is 5. The second-order valence-electron chi connectivity index (χ2n) is 4.64. The predicted octanol–water partition coefficient (Wildman–Crippen LogP) is 3.04. The summed E-state index contributed by atoms with van der Waals surface area (Å²) in [6, 6.07) is 9.49. The normalized spacial score (nSPS) is 10.7. The highest BCUT2D eigenvalue weighted by atomic mass is 35.5. The Hall–Kier alpha value is -2.60. The maximum Gasteiger partial charge on any atom is 0.407 e. The lowest BCUT2D eigenvalue weighted by Gasteiger charge is -2.05. The van der Waals surface area contributed by atoms with Gasteiger partial charge in [-0.3, -0.25) is 0 Å². The Morgan fingerprint density at radius 3 is 2.87 bits per heavy atom.